The van der Waals surface area contributed by atoms with E-state index in [0.717, 1.165) is 48.3 Å². The van der Waals surface area contributed by atoms with E-state index in [1.54, 1.807) is 0 Å². The highest BCUT2D eigenvalue weighted by Crippen LogP contribution is 2.36. The summed E-state index contributed by atoms with van der Waals surface area (Å²) in [5.74, 6) is 0.862. The van der Waals surface area contributed by atoms with Crippen molar-refractivity contribution in [1.82, 2.24) is 14.4 Å². The first-order valence-corrected chi connectivity index (χ1v) is 11.9. The summed E-state index contributed by atoms with van der Waals surface area (Å²) in [6.45, 7) is 4.69. The number of aromatic nitrogens is 1. The quantitative estimate of drug-likeness (QED) is 0.600. The van der Waals surface area contributed by atoms with E-state index in [1.807, 2.05) is 45.9 Å². The second-order valence-electron chi connectivity index (χ2n) is 9.45. The normalized spacial score (nSPS) is 21.6. The summed E-state index contributed by atoms with van der Waals surface area (Å²) in [5.41, 5.74) is 2.89. The smallest absolute Gasteiger partial charge is 0.290 e. The number of piperidine rings is 1. The summed E-state index contributed by atoms with van der Waals surface area (Å²) in [5, 5.41) is 7.84. The number of amides is 1. The second-order valence-corrected chi connectivity index (χ2v) is 9.45. The number of nitrogens with zero attached hydrogens (tertiary/aromatic N) is 3. The van der Waals surface area contributed by atoms with Crippen molar-refractivity contribution in [3.8, 4) is 0 Å². The first-order valence-electron chi connectivity index (χ1n) is 11.9. The van der Waals surface area contributed by atoms with E-state index in [-0.39, 0.29) is 23.9 Å². The molecule has 2 fully saturated rings. The third-order valence-corrected chi connectivity index (χ3v) is 7.20. The van der Waals surface area contributed by atoms with Crippen LogP contribution in [0.1, 0.15) is 47.0 Å². The van der Waals surface area contributed by atoms with Crippen LogP contribution in [0.3, 0.4) is 0 Å². The number of rotatable bonds is 3. The fourth-order valence-corrected chi connectivity index (χ4v) is 5.70. The fourth-order valence-electron chi connectivity index (χ4n) is 5.70. The number of carboxylic acid groups (broad SMARTS) is 1. The molecule has 3 aliphatic rings. The van der Waals surface area contributed by atoms with Crippen LogP contribution in [0.2, 0.25) is 0 Å². The number of para-hydroxylation sites is 1. The van der Waals surface area contributed by atoms with Crippen LogP contribution in [0.4, 0.5) is 0 Å². The molecule has 6 rings (SSSR count). The minimum atomic E-state index is -0.250. The van der Waals surface area contributed by atoms with E-state index in [2.05, 4.69) is 11.0 Å². The van der Waals surface area contributed by atoms with Gasteiger partial charge in [-0.05, 0) is 56.5 Å². The summed E-state index contributed by atoms with van der Waals surface area (Å²) < 4.78 is 7.82. The third-order valence-electron chi connectivity index (χ3n) is 7.20. The Hall–Kier alpha value is -3.39. The maximum absolute atomic E-state index is 13.2. The minimum Gasteiger partial charge on any atom is -0.483 e. The zero-order valence-electron chi connectivity index (χ0n) is 19.1. The van der Waals surface area contributed by atoms with Crippen LogP contribution < -0.4 is 5.56 Å². The molecular weight excluding hydrogens is 434 g/mol. The molecule has 5 heterocycles. The molecule has 2 bridgehead atoms. The minimum absolute atomic E-state index is 0.0487. The van der Waals surface area contributed by atoms with Gasteiger partial charge in [0.2, 0.25) is 0 Å². The van der Waals surface area contributed by atoms with Gasteiger partial charge in [0.05, 0.1) is 0 Å². The monoisotopic (exact) mass is 463 g/mol. The largest absolute Gasteiger partial charge is 0.483 e. The van der Waals surface area contributed by atoms with Crippen LogP contribution in [-0.2, 0) is 17.9 Å². The van der Waals surface area contributed by atoms with E-state index < -0.39 is 0 Å². The molecule has 0 spiro atoms. The lowest BCUT2D eigenvalue weighted by atomic mass is 9.83. The van der Waals surface area contributed by atoms with Crippen LogP contribution in [0.5, 0.6) is 0 Å². The highest BCUT2D eigenvalue weighted by molar-refractivity contribution is 5.96. The Bertz CT molecular complexity index is 1220. The topological polar surface area (TPSA) is 96.0 Å². The van der Waals surface area contributed by atoms with Gasteiger partial charge >= 0.3 is 0 Å². The van der Waals surface area contributed by atoms with E-state index in [1.165, 1.54) is 12.8 Å². The van der Waals surface area contributed by atoms with Gasteiger partial charge in [-0.2, -0.15) is 0 Å². The van der Waals surface area contributed by atoms with Crippen LogP contribution in [0.15, 0.2) is 51.7 Å². The van der Waals surface area contributed by atoms with Gasteiger partial charge in [0.25, 0.3) is 17.9 Å². The summed E-state index contributed by atoms with van der Waals surface area (Å²) in [6.07, 6.45) is 3.49. The summed E-state index contributed by atoms with van der Waals surface area (Å²) in [6, 6.07) is 13.7. The van der Waals surface area contributed by atoms with Crippen LogP contribution in [0, 0.1) is 5.92 Å². The Morgan fingerprint density at radius 1 is 1.09 bits per heavy atom. The molecule has 34 heavy (non-hydrogen) atoms. The van der Waals surface area contributed by atoms with Crippen molar-refractivity contribution >= 4 is 23.3 Å². The number of benzene rings is 1. The van der Waals surface area contributed by atoms with Gasteiger partial charge in [0.15, 0.2) is 5.76 Å². The molecule has 1 N–H and O–H groups in total. The third kappa shape index (κ3) is 4.25. The Labute approximate surface area is 197 Å². The van der Waals surface area contributed by atoms with Gasteiger partial charge in [-0.15, -0.1) is 0 Å². The molecule has 0 aliphatic carbocycles. The average molecular weight is 464 g/mol. The van der Waals surface area contributed by atoms with Crippen molar-refractivity contribution in [3.05, 3.63) is 69.8 Å². The number of carbonyl (C=O) groups excluding carboxylic acids is 1. The van der Waals surface area contributed by atoms with E-state index in [4.69, 9.17) is 14.3 Å². The zero-order chi connectivity index (χ0) is 23.7. The molecule has 1 amide bonds. The highest BCUT2D eigenvalue weighted by atomic mass is 16.3. The molecule has 0 saturated carbocycles. The van der Waals surface area contributed by atoms with Crippen LogP contribution in [0.25, 0.3) is 11.0 Å². The Balaban J connectivity index is 0.000000764. The van der Waals surface area contributed by atoms with Crippen LogP contribution in [-0.4, -0.2) is 58.0 Å². The van der Waals surface area contributed by atoms with Crippen molar-refractivity contribution in [2.75, 3.05) is 26.2 Å². The van der Waals surface area contributed by atoms with E-state index in [9.17, 15) is 9.59 Å². The van der Waals surface area contributed by atoms with Crippen LogP contribution >= 0.6 is 0 Å². The van der Waals surface area contributed by atoms with Gasteiger partial charge in [-0.25, -0.2) is 0 Å². The average Bonchev–Trinajstić information content (AvgIpc) is 3.51. The molecule has 3 aromatic rings. The van der Waals surface area contributed by atoms with Crippen molar-refractivity contribution in [1.29, 1.82) is 0 Å². The van der Waals surface area contributed by atoms with Crippen molar-refractivity contribution < 1.29 is 19.1 Å². The molecule has 2 atom stereocenters. The van der Waals surface area contributed by atoms with E-state index in [0.29, 0.717) is 31.3 Å². The Kier molecular flexibility index (Phi) is 6.24. The lowest BCUT2D eigenvalue weighted by Gasteiger charge is -2.42. The SMILES string of the molecule is O=C(c1cc2ccccc2o1)N1C[C@@H]2C[C@H](C1)c1ccc(CN3CCCC3)c(=O)n1C2.O=CO. The van der Waals surface area contributed by atoms with Gasteiger partial charge < -0.3 is 19.0 Å². The van der Waals surface area contributed by atoms with Gasteiger partial charge in [0, 0.05) is 48.7 Å². The molecule has 178 valence electrons. The van der Waals surface area contributed by atoms with Gasteiger partial charge in [-0.1, -0.05) is 24.3 Å². The molecule has 8 heteroatoms. The lowest BCUT2D eigenvalue weighted by molar-refractivity contribution is -0.122. The number of hydrogen-bond acceptors (Lipinski definition) is 5. The predicted molar refractivity (Wildman–Crippen MR) is 127 cm³/mol. The standard InChI is InChI=1S/C25H27N3O3.CH2O2/c29-24-19(15-26-9-3-4-10-26)7-8-21-20-11-17(14-28(21)24)13-27(16-20)25(30)23-12-18-5-1-2-6-22(18)31-23;2-1-3/h1-2,5-8,12,17,20H,3-4,9-11,13-16H2;1H,(H,2,3)/t17-,20+;/m0./s1. The maximum atomic E-state index is 13.2. The number of hydrogen-bond donors (Lipinski definition) is 1. The molecule has 1 aromatic carbocycles. The molecule has 0 radical (unpaired) electrons. The summed E-state index contributed by atoms with van der Waals surface area (Å²) in [4.78, 5) is 39.1. The zero-order valence-corrected chi connectivity index (χ0v) is 19.1. The predicted octanol–water partition coefficient (Wildman–Crippen LogP) is 3.15. The summed E-state index contributed by atoms with van der Waals surface area (Å²) >= 11 is 0. The number of fused-ring (bicyclic) bond motifs is 5. The van der Waals surface area contributed by atoms with Crippen molar-refractivity contribution in [2.24, 2.45) is 5.92 Å². The highest BCUT2D eigenvalue weighted by Gasteiger charge is 2.37. The fraction of sp³-hybridized carbons (Fsp3) is 0.423. The first-order chi connectivity index (χ1) is 16.6. The number of pyridine rings is 1. The molecular formula is C26H29N3O5. The Morgan fingerprint density at radius 2 is 1.85 bits per heavy atom. The summed E-state index contributed by atoms with van der Waals surface area (Å²) in [7, 11) is 0. The second kappa shape index (κ2) is 9.46. The van der Waals surface area contributed by atoms with Crippen molar-refractivity contribution in [2.45, 2.75) is 38.3 Å². The molecule has 2 aromatic heterocycles. The number of likely N-dealkylation sites (tertiary alicyclic amines) is 2. The van der Waals surface area contributed by atoms with Gasteiger partial charge in [-0.3, -0.25) is 19.3 Å². The first kappa shape index (κ1) is 22.4. The van der Waals surface area contributed by atoms with Gasteiger partial charge in [0.1, 0.15) is 5.58 Å². The molecule has 8 nitrogen and oxygen atoms in total. The molecule has 2 saturated heterocycles. The number of furan rings is 1. The van der Waals surface area contributed by atoms with Crippen molar-refractivity contribution in [3.63, 3.8) is 0 Å². The Morgan fingerprint density at radius 3 is 2.62 bits per heavy atom. The number of carbonyl (C=O) groups is 2. The lowest BCUT2D eigenvalue weighted by Crippen LogP contribution is -2.49. The molecule has 3 aliphatic heterocycles. The maximum Gasteiger partial charge on any atom is 0.290 e. The van der Waals surface area contributed by atoms with E-state index >= 15 is 0 Å². The molecule has 0 unspecified atom stereocenters.